The first kappa shape index (κ1) is 18.1. The number of carbonyl (C=O) groups is 1. The highest BCUT2D eigenvalue weighted by Gasteiger charge is 2.23. The van der Waals surface area contributed by atoms with Crippen molar-refractivity contribution in [3.63, 3.8) is 0 Å². The number of rotatable bonds is 4. The molecule has 0 fully saturated rings. The Kier molecular flexibility index (Phi) is 4.67. The lowest BCUT2D eigenvalue weighted by Gasteiger charge is -2.14. The zero-order valence-corrected chi connectivity index (χ0v) is 16.4. The van der Waals surface area contributed by atoms with Crippen molar-refractivity contribution in [1.82, 2.24) is 14.8 Å². The summed E-state index contributed by atoms with van der Waals surface area (Å²) in [5.41, 5.74) is 3.64. The zero-order valence-electron chi connectivity index (χ0n) is 15.6. The average molecular weight is 407 g/mol. The Hall–Kier alpha value is -2.93. The Labute approximate surface area is 170 Å². The molecule has 0 atom stereocenters. The van der Waals surface area contributed by atoms with Gasteiger partial charge in [-0.15, -0.1) is 10.2 Å². The number of hydrogen-bond donors (Lipinski definition) is 0. The molecule has 1 aliphatic carbocycles. The standard InChI is InChI=1S/C22H18FN3O2S/c23-17-10-4-1-9-16(17)21-24-25-22(28-21)29-13-20(27)26-18-11-5-2-7-14(18)15-8-3-6-12-19(15)26/h1-2,4-5,7,9-11H,3,6,8,12-13H2. The number of thioether (sulfide) groups is 1. The molecule has 5 rings (SSSR count). The molecule has 4 aromatic rings. The molecular weight excluding hydrogens is 389 g/mol. The van der Waals surface area contributed by atoms with Crippen molar-refractivity contribution < 1.29 is 13.6 Å². The number of benzene rings is 2. The second-order valence-electron chi connectivity index (χ2n) is 7.02. The molecule has 146 valence electrons. The van der Waals surface area contributed by atoms with Crippen LogP contribution in [-0.2, 0) is 12.8 Å². The van der Waals surface area contributed by atoms with Crippen LogP contribution in [0.5, 0.6) is 0 Å². The molecule has 2 aromatic carbocycles. The summed E-state index contributed by atoms with van der Waals surface area (Å²) in [5, 5.41) is 9.29. The van der Waals surface area contributed by atoms with Crippen LogP contribution in [0.25, 0.3) is 22.4 Å². The molecule has 5 nitrogen and oxygen atoms in total. The topological polar surface area (TPSA) is 60.9 Å². The normalized spacial score (nSPS) is 13.6. The summed E-state index contributed by atoms with van der Waals surface area (Å²) in [6.45, 7) is 0. The Bertz CT molecular complexity index is 1210. The largest absolute Gasteiger partial charge is 0.411 e. The van der Waals surface area contributed by atoms with E-state index >= 15 is 0 Å². The summed E-state index contributed by atoms with van der Waals surface area (Å²) >= 11 is 1.17. The van der Waals surface area contributed by atoms with Crippen molar-refractivity contribution in [3.8, 4) is 11.5 Å². The van der Waals surface area contributed by atoms with Crippen molar-refractivity contribution in [2.45, 2.75) is 30.9 Å². The number of carbonyl (C=O) groups excluding carboxylic acids is 1. The quantitative estimate of drug-likeness (QED) is 0.438. The first-order chi connectivity index (χ1) is 14.2. The van der Waals surface area contributed by atoms with Crippen LogP contribution in [0.2, 0.25) is 0 Å². The van der Waals surface area contributed by atoms with E-state index in [9.17, 15) is 9.18 Å². The van der Waals surface area contributed by atoms with E-state index in [1.807, 2.05) is 22.8 Å². The van der Waals surface area contributed by atoms with Gasteiger partial charge in [0.15, 0.2) is 0 Å². The number of aryl methyl sites for hydroxylation is 1. The van der Waals surface area contributed by atoms with Crippen molar-refractivity contribution in [1.29, 1.82) is 0 Å². The summed E-state index contributed by atoms with van der Waals surface area (Å²) in [4.78, 5) is 13.1. The molecule has 0 saturated heterocycles. The maximum atomic E-state index is 13.9. The highest BCUT2D eigenvalue weighted by Crippen LogP contribution is 2.33. The van der Waals surface area contributed by atoms with Crippen molar-refractivity contribution >= 4 is 28.6 Å². The molecule has 2 aromatic heterocycles. The fourth-order valence-corrected chi connectivity index (χ4v) is 4.59. The van der Waals surface area contributed by atoms with Gasteiger partial charge in [-0.05, 0) is 49.4 Å². The number of nitrogens with zero attached hydrogens (tertiary/aromatic N) is 3. The zero-order chi connectivity index (χ0) is 19.8. The van der Waals surface area contributed by atoms with Crippen LogP contribution in [0.3, 0.4) is 0 Å². The summed E-state index contributed by atoms with van der Waals surface area (Å²) in [6.07, 6.45) is 4.18. The summed E-state index contributed by atoms with van der Waals surface area (Å²) in [5.74, 6) is -0.152. The first-order valence-electron chi connectivity index (χ1n) is 9.58. The maximum absolute atomic E-state index is 13.9. The molecule has 0 N–H and O–H groups in total. The van der Waals surface area contributed by atoms with E-state index in [0.717, 1.165) is 36.9 Å². The van der Waals surface area contributed by atoms with Crippen LogP contribution >= 0.6 is 11.8 Å². The molecule has 2 heterocycles. The van der Waals surface area contributed by atoms with E-state index in [4.69, 9.17) is 4.42 Å². The van der Waals surface area contributed by atoms with Gasteiger partial charge in [0.1, 0.15) is 5.82 Å². The maximum Gasteiger partial charge on any atom is 0.277 e. The van der Waals surface area contributed by atoms with Crippen LogP contribution in [0.4, 0.5) is 4.39 Å². The molecule has 0 bridgehead atoms. The van der Waals surface area contributed by atoms with Crippen LogP contribution < -0.4 is 0 Å². The number of aromatic nitrogens is 3. The predicted molar refractivity (Wildman–Crippen MR) is 110 cm³/mol. The molecule has 0 amide bonds. The minimum Gasteiger partial charge on any atom is -0.411 e. The number of fused-ring (bicyclic) bond motifs is 3. The summed E-state index contributed by atoms with van der Waals surface area (Å²) in [7, 11) is 0. The fraction of sp³-hybridized carbons (Fsp3) is 0.227. The number of para-hydroxylation sites is 1. The smallest absolute Gasteiger partial charge is 0.277 e. The molecule has 0 saturated carbocycles. The molecule has 0 spiro atoms. The van der Waals surface area contributed by atoms with Gasteiger partial charge < -0.3 is 4.42 Å². The Morgan fingerprint density at radius 2 is 1.86 bits per heavy atom. The van der Waals surface area contributed by atoms with Gasteiger partial charge in [-0.3, -0.25) is 9.36 Å². The Morgan fingerprint density at radius 3 is 2.76 bits per heavy atom. The molecule has 0 aliphatic heterocycles. The van der Waals surface area contributed by atoms with Crippen molar-refractivity contribution in [3.05, 3.63) is 65.6 Å². The minimum absolute atomic E-state index is 0.0139. The lowest BCUT2D eigenvalue weighted by Crippen LogP contribution is -2.18. The van der Waals surface area contributed by atoms with Crippen LogP contribution in [-0.4, -0.2) is 26.4 Å². The van der Waals surface area contributed by atoms with Gasteiger partial charge in [0.25, 0.3) is 11.1 Å². The van der Waals surface area contributed by atoms with E-state index in [1.54, 1.807) is 18.2 Å². The average Bonchev–Trinajstić information content (AvgIpc) is 3.35. The molecule has 0 unspecified atom stereocenters. The Balaban J connectivity index is 1.39. The highest BCUT2D eigenvalue weighted by atomic mass is 32.2. The third-order valence-electron chi connectivity index (χ3n) is 5.26. The van der Waals surface area contributed by atoms with Crippen molar-refractivity contribution in [2.75, 3.05) is 5.75 Å². The third-order valence-corrected chi connectivity index (χ3v) is 6.06. The van der Waals surface area contributed by atoms with Crippen LogP contribution in [0.1, 0.15) is 28.9 Å². The third kappa shape index (κ3) is 3.25. The van der Waals surface area contributed by atoms with Crippen LogP contribution in [0, 0.1) is 5.82 Å². The van der Waals surface area contributed by atoms with Gasteiger partial charge >= 0.3 is 0 Å². The fourth-order valence-electron chi connectivity index (χ4n) is 3.98. The Morgan fingerprint density at radius 1 is 1.07 bits per heavy atom. The second kappa shape index (κ2) is 7.48. The van der Waals surface area contributed by atoms with Gasteiger partial charge in [0.2, 0.25) is 5.91 Å². The summed E-state index contributed by atoms with van der Waals surface area (Å²) < 4.78 is 21.3. The first-order valence-corrected chi connectivity index (χ1v) is 10.6. The van der Waals surface area contributed by atoms with Gasteiger partial charge in [-0.1, -0.05) is 42.1 Å². The van der Waals surface area contributed by atoms with E-state index in [1.165, 1.54) is 28.8 Å². The van der Waals surface area contributed by atoms with Gasteiger partial charge in [0.05, 0.1) is 16.8 Å². The number of halogens is 1. The predicted octanol–water partition coefficient (Wildman–Crippen LogP) is 5.14. The monoisotopic (exact) mass is 407 g/mol. The molecule has 1 aliphatic rings. The van der Waals surface area contributed by atoms with E-state index in [0.29, 0.717) is 0 Å². The highest BCUT2D eigenvalue weighted by molar-refractivity contribution is 7.99. The second-order valence-corrected chi connectivity index (χ2v) is 7.95. The van der Waals surface area contributed by atoms with Crippen LogP contribution in [0.15, 0.2) is 58.2 Å². The van der Waals surface area contributed by atoms with Gasteiger partial charge in [-0.2, -0.15) is 0 Å². The number of hydrogen-bond acceptors (Lipinski definition) is 5. The minimum atomic E-state index is -0.422. The summed E-state index contributed by atoms with van der Waals surface area (Å²) in [6, 6.07) is 14.3. The van der Waals surface area contributed by atoms with E-state index in [-0.39, 0.29) is 28.3 Å². The molecule has 7 heteroatoms. The SMILES string of the molecule is O=C(CSc1nnc(-c2ccccc2F)o1)n1c2c(c3ccccc31)CCCC2. The molecule has 0 radical (unpaired) electrons. The van der Waals surface area contributed by atoms with Gasteiger partial charge in [-0.25, -0.2) is 4.39 Å². The molecule has 29 heavy (non-hydrogen) atoms. The molecular formula is C22H18FN3O2S. The lowest BCUT2D eigenvalue weighted by molar-refractivity contribution is 0.0943. The van der Waals surface area contributed by atoms with E-state index < -0.39 is 5.82 Å². The van der Waals surface area contributed by atoms with Crippen molar-refractivity contribution in [2.24, 2.45) is 0 Å². The lowest BCUT2D eigenvalue weighted by atomic mass is 9.96. The van der Waals surface area contributed by atoms with E-state index in [2.05, 4.69) is 16.3 Å². The van der Waals surface area contributed by atoms with Gasteiger partial charge in [0, 0.05) is 11.1 Å².